The molecule has 0 bridgehead atoms. The van der Waals surface area contributed by atoms with Gasteiger partial charge in [-0.05, 0) is 56.6 Å². The molecule has 1 saturated heterocycles. The van der Waals surface area contributed by atoms with E-state index >= 15 is 0 Å². The van der Waals surface area contributed by atoms with Gasteiger partial charge < -0.3 is 15.3 Å². The summed E-state index contributed by atoms with van der Waals surface area (Å²) in [6.45, 7) is 6.00. The summed E-state index contributed by atoms with van der Waals surface area (Å²) >= 11 is 0. The van der Waals surface area contributed by atoms with Crippen molar-refractivity contribution < 1.29 is 9.90 Å². The molecule has 1 heterocycles. The maximum absolute atomic E-state index is 12.2. The molecule has 19 heavy (non-hydrogen) atoms. The van der Waals surface area contributed by atoms with Gasteiger partial charge in [0.1, 0.15) is 5.75 Å². The summed E-state index contributed by atoms with van der Waals surface area (Å²) < 4.78 is 0. The third-order valence-corrected chi connectivity index (χ3v) is 3.88. The molecule has 2 unspecified atom stereocenters. The molecule has 1 fully saturated rings. The van der Waals surface area contributed by atoms with Gasteiger partial charge in [0.15, 0.2) is 0 Å². The minimum atomic E-state index is -0.0514. The first-order chi connectivity index (χ1) is 8.97. The van der Waals surface area contributed by atoms with Crippen LogP contribution in [0, 0.1) is 12.8 Å². The van der Waals surface area contributed by atoms with Crippen molar-refractivity contribution >= 4 is 5.91 Å². The van der Waals surface area contributed by atoms with Crippen molar-refractivity contribution in [1.29, 1.82) is 0 Å². The zero-order valence-corrected chi connectivity index (χ0v) is 11.8. The van der Waals surface area contributed by atoms with Gasteiger partial charge in [0, 0.05) is 18.2 Å². The van der Waals surface area contributed by atoms with E-state index in [1.807, 2.05) is 0 Å². The van der Waals surface area contributed by atoms with E-state index in [0.717, 1.165) is 25.1 Å². The number of aromatic hydroxyl groups is 1. The van der Waals surface area contributed by atoms with Gasteiger partial charge in [-0.15, -0.1) is 0 Å². The van der Waals surface area contributed by atoms with Crippen LogP contribution in [0.5, 0.6) is 5.75 Å². The Kier molecular flexibility index (Phi) is 4.10. The van der Waals surface area contributed by atoms with Crippen LogP contribution in [0.15, 0.2) is 18.2 Å². The molecule has 0 spiro atoms. The van der Waals surface area contributed by atoms with Crippen molar-refractivity contribution in [1.82, 2.24) is 10.2 Å². The van der Waals surface area contributed by atoms with Gasteiger partial charge in [0.25, 0.3) is 5.91 Å². The molecule has 0 saturated carbocycles. The fraction of sp³-hybridized carbons (Fsp3) is 0.533. The first-order valence-corrected chi connectivity index (χ1v) is 6.76. The third kappa shape index (κ3) is 3.26. The second kappa shape index (κ2) is 5.61. The zero-order chi connectivity index (χ0) is 14.0. The first kappa shape index (κ1) is 13.9. The Hall–Kier alpha value is -1.55. The van der Waals surface area contributed by atoms with Gasteiger partial charge >= 0.3 is 0 Å². The van der Waals surface area contributed by atoms with Gasteiger partial charge in [-0.3, -0.25) is 4.79 Å². The van der Waals surface area contributed by atoms with Crippen LogP contribution in [0.4, 0.5) is 0 Å². The van der Waals surface area contributed by atoms with E-state index in [1.165, 1.54) is 0 Å². The molecule has 104 valence electrons. The monoisotopic (exact) mass is 262 g/mol. The molecule has 0 aromatic heterocycles. The molecule has 1 aromatic rings. The summed E-state index contributed by atoms with van der Waals surface area (Å²) in [7, 11) is 2.11. The number of nitrogens with one attached hydrogen (secondary N) is 1. The first-order valence-electron chi connectivity index (χ1n) is 6.76. The number of hydrogen-bond donors (Lipinski definition) is 2. The minimum Gasteiger partial charge on any atom is -0.508 e. The smallest absolute Gasteiger partial charge is 0.251 e. The summed E-state index contributed by atoms with van der Waals surface area (Å²) in [6, 6.07) is 5.20. The lowest BCUT2D eigenvalue weighted by Crippen LogP contribution is -2.48. The average Bonchev–Trinajstić information content (AvgIpc) is 2.36. The molecule has 1 aliphatic rings. The highest BCUT2D eigenvalue weighted by Crippen LogP contribution is 2.19. The second-order valence-corrected chi connectivity index (χ2v) is 5.61. The van der Waals surface area contributed by atoms with Crippen LogP contribution in [-0.2, 0) is 0 Å². The highest BCUT2D eigenvalue weighted by atomic mass is 16.3. The number of phenolic OH excluding ortho intramolecular Hbond substituents is 1. The number of carbonyl (C=O) groups excluding carboxylic acids is 1. The number of rotatable bonds is 2. The van der Waals surface area contributed by atoms with Crippen molar-refractivity contribution in [3.05, 3.63) is 29.3 Å². The molecular weight excluding hydrogens is 240 g/mol. The second-order valence-electron chi connectivity index (χ2n) is 5.61. The lowest BCUT2D eigenvalue weighted by Gasteiger charge is -2.35. The van der Waals surface area contributed by atoms with Gasteiger partial charge in [-0.2, -0.15) is 0 Å². The van der Waals surface area contributed by atoms with E-state index in [4.69, 9.17) is 0 Å². The number of benzene rings is 1. The van der Waals surface area contributed by atoms with Crippen molar-refractivity contribution in [3.63, 3.8) is 0 Å². The number of amides is 1. The zero-order valence-electron chi connectivity index (χ0n) is 11.8. The number of piperidine rings is 1. The average molecular weight is 262 g/mol. The third-order valence-electron chi connectivity index (χ3n) is 3.88. The van der Waals surface area contributed by atoms with Crippen molar-refractivity contribution in [3.8, 4) is 5.75 Å². The predicted molar refractivity (Wildman–Crippen MR) is 75.4 cm³/mol. The topological polar surface area (TPSA) is 52.6 Å². The molecule has 1 aliphatic heterocycles. The summed E-state index contributed by atoms with van der Waals surface area (Å²) in [4.78, 5) is 14.5. The summed E-state index contributed by atoms with van der Waals surface area (Å²) in [5.41, 5.74) is 1.34. The quantitative estimate of drug-likeness (QED) is 0.854. The van der Waals surface area contributed by atoms with Gasteiger partial charge in [-0.1, -0.05) is 6.92 Å². The number of carbonyl (C=O) groups is 1. The Balaban J connectivity index is 2.02. The number of likely N-dealkylation sites (tertiary alicyclic amines) is 1. The lowest BCUT2D eigenvalue weighted by atomic mass is 9.94. The lowest BCUT2D eigenvalue weighted by molar-refractivity contribution is 0.0883. The van der Waals surface area contributed by atoms with Crippen LogP contribution in [0.3, 0.4) is 0 Å². The Morgan fingerprint density at radius 2 is 2.21 bits per heavy atom. The molecule has 2 rings (SSSR count). The van der Waals surface area contributed by atoms with E-state index in [2.05, 4.69) is 24.2 Å². The Morgan fingerprint density at radius 1 is 1.47 bits per heavy atom. The standard InChI is InChI=1S/C15H22N2O2/c1-10-8-12(4-5-14(10)18)15(19)16-13-6-7-17(3)9-11(13)2/h4-5,8,11,13,18H,6-7,9H2,1-3H3,(H,16,19). The highest BCUT2D eigenvalue weighted by molar-refractivity contribution is 5.94. The Morgan fingerprint density at radius 3 is 2.84 bits per heavy atom. The number of aryl methyl sites for hydroxylation is 1. The molecule has 2 N–H and O–H groups in total. The maximum atomic E-state index is 12.2. The van der Waals surface area contributed by atoms with Crippen LogP contribution in [0.2, 0.25) is 0 Å². The molecule has 0 radical (unpaired) electrons. The van der Waals surface area contributed by atoms with Gasteiger partial charge in [-0.25, -0.2) is 0 Å². The number of hydrogen-bond acceptors (Lipinski definition) is 3. The molecule has 0 aliphatic carbocycles. The van der Waals surface area contributed by atoms with Crippen LogP contribution >= 0.6 is 0 Å². The van der Waals surface area contributed by atoms with Crippen molar-refractivity contribution in [2.45, 2.75) is 26.3 Å². The van der Waals surface area contributed by atoms with Gasteiger partial charge in [0.05, 0.1) is 0 Å². The van der Waals surface area contributed by atoms with E-state index in [9.17, 15) is 9.90 Å². The van der Waals surface area contributed by atoms with Crippen molar-refractivity contribution in [2.75, 3.05) is 20.1 Å². The fourth-order valence-corrected chi connectivity index (χ4v) is 2.62. The fourth-order valence-electron chi connectivity index (χ4n) is 2.62. The molecule has 4 heteroatoms. The van der Waals surface area contributed by atoms with Gasteiger partial charge in [0.2, 0.25) is 0 Å². The largest absolute Gasteiger partial charge is 0.508 e. The number of nitrogens with zero attached hydrogens (tertiary/aromatic N) is 1. The molecular formula is C15H22N2O2. The number of phenols is 1. The summed E-state index contributed by atoms with van der Waals surface area (Å²) in [5, 5.41) is 12.6. The molecule has 2 atom stereocenters. The highest BCUT2D eigenvalue weighted by Gasteiger charge is 2.25. The van der Waals surface area contributed by atoms with E-state index < -0.39 is 0 Å². The van der Waals surface area contributed by atoms with Crippen LogP contribution in [0.25, 0.3) is 0 Å². The van der Waals surface area contributed by atoms with Crippen molar-refractivity contribution in [2.24, 2.45) is 5.92 Å². The van der Waals surface area contributed by atoms with E-state index in [0.29, 0.717) is 11.5 Å². The van der Waals surface area contributed by atoms with Crippen LogP contribution in [-0.4, -0.2) is 42.1 Å². The predicted octanol–water partition coefficient (Wildman–Crippen LogP) is 1.77. The SMILES string of the molecule is Cc1cc(C(=O)NC2CCN(C)CC2C)ccc1O. The van der Waals surface area contributed by atoms with Crippen LogP contribution in [0.1, 0.15) is 29.3 Å². The van der Waals surface area contributed by atoms with E-state index in [1.54, 1.807) is 25.1 Å². The minimum absolute atomic E-state index is 0.0514. The Bertz CT molecular complexity index is 473. The Labute approximate surface area is 114 Å². The van der Waals surface area contributed by atoms with Crippen LogP contribution < -0.4 is 5.32 Å². The maximum Gasteiger partial charge on any atom is 0.251 e. The summed E-state index contributed by atoms with van der Waals surface area (Å²) in [5.74, 6) is 0.634. The molecule has 1 aromatic carbocycles. The molecule has 1 amide bonds. The summed E-state index contributed by atoms with van der Waals surface area (Å²) in [6.07, 6.45) is 0.987. The van der Waals surface area contributed by atoms with E-state index in [-0.39, 0.29) is 17.7 Å². The molecule has 4 nitrogen and oxygen atoms in total. The normalized spacial score (nSPS) is 24.2.